The van der Waals surface area contributed by atoms with Gasteiger partial charge in [-0.15, -0.1) is 0 Å². The molecule has 0 fully saturated rings. The third kappa shape index (κ3) is 5.20. The maximum absolute atomic E-state index is 12.7. The summed E-state index contributed by atoms with van der Waals surface area (Å²) < 4.78 is 38.0. The Labute approximate surface area is 117 Å². The number of amides is 1. The molecule has 0 aliphatic carbocycles. The molecular formula is C12H14BrF3N2O. The first-order valence-corrected chi connectivity index (χ1v) is 6.24. The van der Waals surface area contributed by atoms with Crippen LogP contribution >= 0.6 is 15.9 Å². The van der Waals surface area contributed by atoms with Gasteiger partial charge < -0.3 is 11.1 Å². The maximum atomic E-state index is 12.7. The average molecular weight is 339 g/mol. The van der Waals surface area contributed by atoms with E-state index in [0.717, 1.165) is 6.07 Å². The zero-order valence-electron chi connectivity index (χ0n) is 10.4. The van der Waals surface area contributed by atoms with E-state index in [4.69, 9.17) is 5.73 Å². The standard InChI is InChI=1S/C12H14BrF3N2O/c1-11(2,17)6-10(19)18-7-3-4-9(13)8(5-7)12(14,15)16/h3-5H,6,17H2,1-2H3,(H,18,19). The van der Waals surface area contributed by atoms with Crippen molar-refractivity contribution >= 4 is 27.5 Å². The van der Waals surface area contributed by atoms with Crippen molar-refractivity contribution in [2.24, 2.45) is 5.73 Å². The van der Waals surface area contributed by atoms with Crippen molar-refractivity contribution in [3.63, 3.8) is 0 Å². The fourth-order valence-electron chi connectivity index (χ4n) is 1.44. The second kappa shape index (κ2) is 5.50. The molecule has 0 atom stereocenters. The first-order chi connectivity index (χ1) is 8.49. The Bertz CT molecular complexity index is 481. The van der Waals surface area contributed by atoms with Gasteiger partial charge in [0.2, 0.25) is 5.91 Å². The molecule has 0 radical (unpaired) electrons. The minimum atomic E-state index is -4.48. The highest BCUT2D eigenvalue weighted by Gasteiger charge is 2.33. The van der Waals surface area contributed by atoms with Crippen LogP contribution < -0.4 is 11.1 Å². The van der Waals surface area contributed by atoms with Gasteiger partial charge in [-0.1, -0.05) is 15.9 Å². The highest BCUT2D eigenvalue weighted by atomic mass is 79.9. The third-order valence-corrected chi connectivity index (χ3v) is 2.86. The summed E-state index contributed by atoms with van der Waals surface area (Å²) in [6, 6.07) is 3.51. The molecule has 0 saturated heterocycles. The van der Waals surface area contributed by atoms with Crippen molar-refractivity contribution in [1.82, 2.24) is 0 Å². The molecule has 0 aromatic heterocycles. The van der Waals surface area contributed by atoms with E-state index < -0.39 is 23.2 Å². The number of halogens is 4. The molecule has 0 bridgehead atoms. The van der Waals surface area contributed by atoms with Crippen LogP contribution in [-0.2, 0) is 11.0 Å². The van der Waals surface area contributed by atoms with E-state index >= 15 is 0 Å². The number of alkyl halides is 3. The van der Waals surface area contributed by atoms with Crippen molar-refractivity contribution < 1.29 is 18.0 Å². The summed E-state index contributed by atoms with van der Waals surface area (Å²) in [6.07, 6.45) is -4.46. The molecule has 19 heavy (non-hydrogen) atoms. The van der Waals surface area contributed by atoms with Crippen LogP contribution in [0.3, 0.4) is 0 Å². The Kier molecular flexibility index (Phi) is 4.63. The van der Waals surface area contributed by atoms with Gasteiger partial charge in [0.1, 0.15) is 0 Å². The van der Waals surface area contributed by atoms with E-state index in [9.17, 15) is 18.0 Å². The van der Waals surface area contributed by atoms with E-state index in [1.54, 1.807) is 13.8 Å². The molecule has 0 spiro atoms. The van der Waals surface area contributed by atoms with Crippen LogP contribution in [0.4, 0.5) is 18.9 Å². The van der Waals surface area contributed by atoms with Gasteiger partial charge in [-0.3, -0.25) is 4.79 Å². The van der Waals surface area contributed by atoms with Crippen LogP contribution in [0.5, 0.6) is 0 Å². The molecule has 0 saturated carbocycles. The number of carbonyl (C=O) groups is 1. The van der Waals surface area contributed by atoms with Gasteiger partial charge in [0.05, 0.1) is 5.56 Å². The van der Waals surface area contributed by atoms with Crippen molar-refractivity contribution in [2.45, 2.75) is 32.0 Å². The summed E-state index contributed by atoms with van der Waals surface area (Å²) in [7, 11) is 0. The third-order valence-electron chi connectivity index (χ3n) is 2.17. The topological polar surface area (TPSA) is 55.1 Å². The van der Waals surface area contributed by atoms with Crippen LogP contribution in [0.15, 0.2) is 22.7 Å². The molecule has 106 valence electrons. The zero-order chi connectivity index (χ0) is 14.8. The summed E-state index contributed by atoms with van der Waals surface area (Å²) in [6.45, 7) is 3.32. The Morgan fingerprint density at radius 1 is 1.37 bits per heavy atom. The minimum Gasteiger partial charge on any atom is -0.326 e. The number of benzene rings is 1. The van der Waals surface area contributed by atoms with Crippen LogP contribution in [0.2, 0.25) is 0 Å². The second-order valence-electron chi connectivity index (χ2n) is 4.91. The van der Waals surface area contributed by atoms with Crippen molar-refractivity contribution in [3.05, 3.63) is 28.2 Å². The lowest BCUT2D eigenvalue weighted by atomic mass is 10.0. The zero-order valence-corrected chi connectivity index (χ0v) is 12.0. The normalized spacial score (nSPS) is 12.4. The number of hydrogen-bond donors (Lipinski definition) is 2. The van der Waals surface area contributed by atoms with Gasteiger partial charge in [-0.25, -0.2) is 0 Å². The highest BCUT2D eigenvalue weighted by molar-refractivity contribution is 9.10. The predicted molar refractivity (Wildman–Crippen MR) is 70.7 cm³/mol. The maximum Gasteiger partial charge on any atom is 0.417 e. The fraction of sp³-hybridized carbons (Fsp3) is 0.417. The molecule has 3 nitrogen and oxygen atoms in total. The molecule has 1 aromatic carbocycles. The number of nitrogens with two attached hydrogens (primary N) is 1. The Balaban J connectivity index is 2.89. The van der Waals surface area contributed by atoms with Crippen LogP contribution in [0.25, 0.3) is 0 Å². The first-order valence-electron chi connectivity index (χ1n) is 5.44. The van der Waals surface area contributed by atoms with Crippen LogP contribution in [0.1, 0.15) is 25.8 Å². The molecule has 0 aliphatic heterocycles. The predicted octanol–water partition coefficient (Wildman–Crippen LogP) is 3.53. The van der Waals surface area contributed by atoms with E-state index in [-0.39, 0.29) is 16.6 Å². The lowest BCUT2D eigenvalue weighted by molar-refractivity contribution is -0.138. The molecular weight excluding hydrogens is 325 g/mol. The summed E-state index contributed by atoms with van der Waals surface area (Å²) in [5, 5.41) is 2.40. The summed E-state index contributed by atoms with van der Waals surface area (Å²) in [5.41, 5.74) is 4.20. The van der Waals surface area contributed by atoms with E-state index in [1.807, 2.05) is 0 Å². The average Bonchev–Trinajstić information content (AvgIpc) is 2.16. The van der Waals surface area contributed by atoms with Gasteiger partial charge in [0.15, 0.2) is 0 Å². The smallest absolute Gasteiger partial charge is 0.326 e. The van der Waals surface area contributed by atoms with Gasteiger partial charge in [0.25, 0.3) is 0 Å². The number of anilines is 1. The summed E-state index contributed by atoms with van der Waals surface area (Å²) >= 11 is 2.83. The SMILES string of the molecule is CC(C)(N)CC(=O)Nc1ccc(Br)c(C(F)(F)F)c1. The molecule has 1 amide bonds. The quantitative estimate of drug-likeness (QED) is 0.885. The lowest BCUT2D eigenvalue weighted by Gasteiger charge is -2.18. The minimum absolute atomic E-state index is 0.0183. The van der Waals surface area contributed by atoms with E-state index in [0.29, 0.717) is 0 Å². The van der Waals surface area contributed by atoms with E-state index in [2.05, 4.69) is 21.2 Å². The Hall–Kier alpha value is -1.08. The van der Waals surface area contributed by atoms with Crippen LogP contribution in [-0.4, -0.2) is 11.4 Å². The fourth-order valence-corrected chi connectivity index (χ4v) is 1.91. The molecule has 1 aromatic rings. The van der Waals surface area contributed by atoms with E-state index in [1.165, 1.54) is 12.1 Å². The van der Waals surface area contributed by atoms with Crippen LogP contribution in [0, 0.1) is 0 Å². The largest absolute Gasteiger partial charge is 0.417 e. The number of nitrogens with one attached hydrogen (secondary N) is 1. The molecule has 1 rings (SSSR count). The van der Waals surface area contributed by atoms with Crippen molar-refractivity contribution in [1.29, 1.82) is 0 Å². The van der Waals surface area contributed by atoms with Crippen molar-refractivity contribution in [2.75, 3.05) is 5.32 Å². The second-order valence-corrected chi connectivity index (χ2v) is 5.76. The monoisotopic (exact) mass is 338 g/mol. The summed E-state index contributed by atoms with van der Waals surface area (Å²) in [4.78, 5) is 11.6. The Morgan fingerprint density at radius 2 is 1.95 bits per heavy atom. The lowest BCUT2D eigenvalue weighted by Crippen LogP contribution is -2.36. The molecule has 0 aliphatic rings. The number of hydrogen-bond acceptors (Lipinski definition) is 2. The number of carbonyl (C=O) groups excluding carboxylic acids is 1. The molecule has 0 heterocycles. The van der Waals surface area contributed by atoms with Gasteiger partial charge in [-0.2, -0.15) is 13.2 Å². The molecule has 0 unspecified atom stereocenters. The van der Waals surface area contributed by atoms with Gasteiger partial charge >= 0.3 is 6.18 Å². The van der Waals surface area contributed by atoms with Crippen molar-refractivity contribution in [3.8, 4) is 0 Å². The van der Waals surface area contributed by atoms with Gasteiger partial charge in [-0.05, 0) is 32.0 Å². The molecule has 7 heteroatoms. The first kappa shape index (κ1) is 16.0. The Morgan fingerprint density at radius 3 is 2.42 bits per heavy atom. The number of rotatable bonds is 3. The highest BCUT2D eigenvalue weighted by Crippen LogP contribution is 2.36. The molecule has 3 N–H and O–H groups in total. The van der Waals surface area contributed by atoms with Gasteiger partial charge in [0, 0.05) is 22.1 Å². The summed E-state index contributed by atoms with van der Waals surface area (Å²) in [5.74, 6) is -0.428.